The molecule has 5 heteroatoms. The zero-order valence-electron chi connectivity index (χ0n) is 20.8. The summed E-state index contributed by atoms with van der Waals surface area (Å²) in [4.78, 5) is 11.2. The predicted molar refractivity (Wildman–Crippen MR) is 124 cm³/mol. The fourth-order valence-electron chi connectivity index (χ4n) is 9.61. The minimum absolute atomic E-state index is 0.0438. The van der Waals surface area contributed by atoms with Crippen LogP contribution in [-0.2, 0) is 4.79 Å². The Balaban J connectivity index is 1.67. The topological polar surface area (TPSA) is 98.0 Å². The van der Waals surface area contributed by atoms with E-state index < -0.39 is 17.7 Å². The van der Waals surface area contributed by atoms with Gasteiger partial charge in [0.1, 0.15) is 0 Å². The maximum absolute atomic E-state index is 11.8. The quantitative estimate of drug-likeness (QED) is 0.495. The predicted octanol–water partition coefficient (Wildman–Crippen LogP) is 4.47. The van der Waals surface area contributed by atoms with E-state index in [0.29, 0.717) is 12.3 Å². The molecule has 0 unspecified atom stereocenters. The SMILES string of the molecule is CC[C@H]1[C@@H](O)[C@@H]2[C@H](C[C@H](O)[C@]3(C)[C@@H]([C@H](C)CCC(=O)O)CC[C@@H]23)[C@@]2(C)CC[C@@](C)(O)C[C@@H]12. The average Bonchev–Trinajstić information content (AvgIpc) is 3.07. The number of aliphatic hydroxyl groups is 3. The number of carboxylic acid groups (broad SMARTS) is 1. The molecule has 4 rings (SSSR count). The maximum Gasteiger partial charge on any atom is 0.303 e. The third kappa shape index (κ3) is 3.56. The normalized spacial score (nSPS) is 53.8. The van der Waals surface area contributed by atoms with Gasteiger partial charge in [-0.15, -0.1) is 0 Å². The zero-order chi connectivity index (χ0) is 23.6. The highest BCUT2D eigenvalue weighted by molar-refractivity contribution is 5.66. The second-order valence-corrected chi connectivity index (χ2v) is 12.9. The zero-order valence-corrected chi connectivity index (χ0v) is 20.8. The second kappa shape index (κ2) is 8.23. The van der Waals surface area contributed by atoms with Gasteiger partial charge in [-0.1, -0.05) is 34.1 Å². The van der Waals surface area contributed by atoms with Crippen molar-refractivity contribution in [3.05, 3.63) is 0 Å². The van der Waals surface area contributed by atoms with Crippen LogP contribution >= 0.6 is 0 Å². The molecule has 4 aliphatic rings. The van der Waals surface area contributed by atoms with E-state index in [-0.39, 0.29) is 58.9 Å². The monoisotopic (exact) mass is 450 g/mol. The molecule has 0 amide bonds. The number of hydrogen-bond donors (Lipinski definition) is 4. The first kappa shape index (κ1) is 24.5. The van der Waals surface area contributed by atoms with Crippen LogP contribution in [0.3, 0.4) is 0 Å². The van der Waals surface area contributed by atoms with Gasteiger partial charge < -0.3 is 20.4 Å². The molecule has 0 aromatic heterocycles. The summed E-state index contributed by atoms with van der Waals surface area (Å²) in [5, 5.41) is 43.5. The van der Waals surface area contributed by atoms with Gasteiger partial charge in [0.2, 0.25) is 0 Å². The molecule has 12 atom stereocenters. The third-order valence-electron chi connectivity index (χ3n) is 11.4. The molecular weight excluding hydrogens is 404 g/mol. The molecule has 32 heavy (non-hydrogen) atoms. The number of carboxylic acids is 1. The van der Waals surface area contributed by atoms with Crippen LogP contribution in [0.25, 0.3) is 0 Å². The van der Waals surface area contributed by atoms with Gasteiger partial charge in [-0.05, 0) is 104 Å². The molecule has 0 aromatic rings. The van der Waals surface area contributed by atoms with Crippen LogP contribution in [0.1, 0.15) is 92.4 Å². The van der Waals surface area contributed by atoms with Gasteiger partial charge in [0.25, 0.3) is 0 Å². The lowest BCUT2D eigenvalue weighted by Gasteiger charge is -2.66. The maximum atomic E-state index is 11.8. The van der Waals surface area contributed by atoms with Crippen molar-refractivity contribution in [3.63, 3.8) is 0 Å². The van der Waals surface area contributed by atoms with Crippen LogP contribution in [0.15, 0.2) is 0 Å². The van der Waals surface area contributed by atoms with E-state index in [4.69, 9.17) is 0 Å². The highest BCUT2D eigenvalue weighted by Gasteiger charge is 2.67. The molecule has 0 spiro atoms. The van der Waals surface area contributed by atoms with E-state index in [9.17, 15) is 25.2 Å². The summed E-state index contributed by atoms with van der Waals surface area (Å²) < 4.78 is 0. The minimum atomic E-state index is -0.749. The Morgan fingerprint density at radius 1 is 1.06 bits per heavy atom. The summed E-state index contributed by atoms with van der Waals surface area (Å²) in [6.45, 7) is 10.9. The first-order valence-electron chi connectivity index (χ1n) is 13.2. The minimum Gasteiger partial charge on any atom is -0.481 e. The van der Waals surface area contributed by atoms with Crippen molar-refractivity contribution in [2.45, 2.75) is 110 Å². The van der Waals surface area contributed by atoms with Gasteiger partial charge in [0.05, 0.1) is 17.8 Å². The highest BCUT2D eigenvalue weighted by Crippen LogP contribution is 2.70. The van der Waals surface area contributed by atoms with E-state index in [2.05, 4.69) is 27.7 Å². The van der Waals surface area contributed by atoms with Crippen molar-refractivity contribution in [3.8, 4) is 0 Å². The van der Waals surface area contributed by atoms with E-state index in [1.54, 1.807) is 0 Å². The summed E-state index contributed by atoms with van der Waals surface area (Å²) in [7, 11) is 0. The Kier molecular flexibility index (Phi) is 6.30. The van der Waals surface area contributed by atoms with E-state index >= 15 is 0 Å². The number of rotatable bonds is 5. The fourth-order valence-corrected chi connectivity index (χ4v) is 9.61. The number of aliphatic carboxylic acids is 1. The van der Waals surface area contributed by atoms with Crippen LogP contribution < -0.4 is 0 Å². The van der Waals surface area contributed by atoms with Gasteiger partial charge in [-0.2, -0.15) is 0 Å². The second-order valence-electron chi connectivity index (χ2n) is 12.9. The van der Waals surface area contributed by atoms with Crippen LogP contribution in [0, 0.1) is 52.3 Å². The molecule has 4 N–H and O–H groups in total. The Morgan fingerprint density at radius 3 is 2.38 bits per heavy atom. The molecular formula is C27H46O5. The molecule has 0 radical (unpaired) electrons. The molecule has 4 fully saturated rings. The third-order valence-corrected chi connectivity index (χ3v) is 11.4. The molecule has 0 bridgehead atoms. The van der Waals surface area contributed by atoms with Gasteiger partial charge in [-0.3, -0.25) is 4.79 Å². The van der Waals surface area contributed by atoms with E-state index in [1.165, 1.54) is 0 Å². The first-order valence-corrected chi connectivity index (χ1v) is 13.2. The van der Waals surface area contributed by atoms with Crippen molar-refractivity contribution in [2.75, 3.05) is 0 Å². The van der Waals surface area contributed by atoms with Gasteiger partial charge in [0, 0.05) is 6.42 Å². The van der Waals surface area contributed by atoms with Crippen LogP contribution in [0.4, 0.5) is 0 Å². The van der Waals surface area contributed by atoms with Crippen molar-refractivity contribution in [2.24, 2.45) is 52.3 Å². The molecule has 0 aliphatic heterocycles. The Hall–Kier alpha value is -0.650. The number of fused-ring (bicyclic) bond motifs is 5. The summed E-state index contributed by atoms with van der Waals surface area (Å²) in [5.74, 6) is 1.03. The molecule has 5 nitrogen and oxygen atoms in total. The van der Waals surface area contributed by atoms with Gasteiger partial charge in [-0.25, -0.2) is 0 Å². The lowest BCUT2D eigenvalue weighted by molar-refractivity contribution is -0.235. The summed E-state index contributed by atoms with van der Waals surface area (Å²) >= 11 is 0. The number of carbonyl (C=O) groups is 1. The van der Waals surface area contributed by atoms with Crippen molar-refractivity contribution in [1.29, 1.82) is 0 Å². The standard InChI is InChI=1S/C27H46O5/c1-6-16-20-14-25(3,32)11-12-26(20,4)19-13-21(28)27(5)17(15(2)7-10-22(29)30)8-9-18(27)23(19)24(16)31/h15-21,23-24,28,31-32H,6-14H2,1-5H3,(H,29,30)/t15-,16-,17-,18+,19+,20+,21+,23+,24-,25-,26-,27-/m1/s1. The lowest BCUT2D eigenvalue weighted by Crippen LogP contribution is -2.65. The Labute approximate surface area is 194 Å². The van der Waals surface area contributed by atoms with Crippen LogP contribution in [-0.4, -0.2) is 44.2 Å². The Bertz CT molecular complexity index is 721. The number of aliphatic hydroxyl groups excluding tert-OH is 2. The Morgan fingerprint density at radius 2 is 1.75 bits per heavy atom. The fraction of sp³-hybridized carbons (Fsp3) is 0.963. The summed E-state index contributed by atoms with van der Waals surface area (Å²) in [5.41, 5.74) is -0.881. The largest absolute Gasteiger partial charge is 0.481 e. The molecule has 0 aromatic carbocycles. The molecule has 0 heterocycles. The van der Waals surface area contributed by atoms with Crippen molar-refractivity contribution >= 4 is 5.97 Å². The summed E-state index contributed by atoms with van der Waals surface area (Å²) in [6, 6.07) is 0. The molecule has 184 valence electrons. The summed E-state index contributed by atoms with van der Waals surface area (Å²) in [6.07, 6.45) is 6.21. The molecule has 4 saturated carbocycles. The first-order chi connectivity index (χ1) is 14.9. The van der Waals surface area contributed by atoms with Crippen LogP contribution in [0.5, 0.6) is 0 Å². The van der Waals surface area contributed by atoms with Gasteiger partial charge in [0.15, 0.2) is 0 Å². The highest BCUT2D eigenvalue weighted by atomic mass is 16.4. The van der Waals surface area contributed by atoms with Gasteiger partial charge >= 0.3 is 5.97 Å². The van der Waals surface area contributed by atoms with E-state index in [1.807, 2.05) is 6.92 Å². The molecule has 4 aliphatic carbocycles. The van der Waals surface area contributed by atoms with Crippen molar-refractivity contribution < 1.29 is 25.2 Å². The number of hydrogen-bond acceptors (Lipinski definition) is 4. The average molecular weight is 451 g/mol. The van der Waals surface area contributed by atoms with E-state index in [0.717, 1.165) is 44.9 Å². The molecule has 0 saturated heterocycles. The van der Waals surface area contributed by atoms with Crippen molar-refractivity contribution in [1.82, 2.24) is 0 Å². The smallest absolute Gasteiger partial charge is 0.303 e. The van der Waals surface area contributed by atoms with Crippen LogP contribution in [0.2, 0.25) is 0 Å². The lowest BCUT2D eigenvalue weighted by atomic mass is 9.40.